The number of aryl methyl sites for hydroxylation is 1. The van der Waals surface area contributed by atoms with Crippen LogP contribution in [0, 0.1) is 0 Å². The van der Waals surface area contributed by atoms with Crippen molar-refractivity contribution in [1.82, 2.24) is 9.88 Å². The molecule has 4 nitrogen and oxygen atoms in total. The Morgan fingerprint density at radius 3 is 2.39 bits per heavy atom. The van der Waals surface area contributed by atoms with Crippen molar-refractivity contribution in [3.05, 3.63) is 99.7 Å². The van der Waals surface area contributed by atoms with Crippen LogP contribution in [-0.4, -0.2) is 49.1 Å². The minimum Gasteiger partial charge on any atom is -0.405 e. The minimum atomic E-state index is -4.60. The van der Waals surface area contributed by atoms with E-state index in [4.69, 9.17) is 11.6 Å². The summed E-state index contributed by atoms with van der Waals surface area (Å²) in [5.41, 5.74) is 1.28. The van der Waals surface area contributed by atoms with Gasteiger partial charge in [-0.3, -0.25) is 4.79 Å². The fourth-order valence-corrected chi connectivity index (χ4v) is 5.77. The lowest BCUT2D eigenvalue weighted by Crippen LogP contribution is -2.47. The maximum atomic E-state index is 13.7. The quantitative estimate of drug-likeness (QED) is 0.146. The molecule has 0 radical (unpaired) electrons. The normalized spacial score (nSPS) is 13.0. The summed E-state index contributed by atoms with van der Waals surface area (Å²) < 4.78 is 56.2. The first kappa shape index (κ1) is 31.1. The van der Waals surface area contributed by atoms with E-state index in [2.05, 4.69) is 12.2 Å². The molecule has 1 unspecified atom stereocenters. The fraction of sp³-hybridized carbons (Fsp3) is 0.276. The van der Waals surface area contributed by atoms with Gasteiger partial charge in [-0.25, -0.2) is 4.39 Å². The molecule has 0 saturated heterocycles. The first-order valence-corrected chi connectivity index (χ1v) is 14.5. The smallest absolute Gasteiger partial charge is 0.405 e. The van der Waals surface area contributed by atoms with E-state index in [1.807, 2.05) is 24.3 Å². The van der Waals surface area contributed by atoms with Crippen LogP contribution in [0.3, 0.4) is 0 Å². The maximum Gasteiger partial charge on any atom is 0.416 e. The molecule has 214 valence electrons. The number of nitrogens with one attached hydrogen (secondary N) is 1. The highest BCUT2D eigenvalue weighted by molar-refractivity contribution is 7.99. The van der Waals surface area contributed by atoms with E-state index in [0.717, 1.165) is 22.3 Å². The van der Waals surface area contributed by atoms with E-state index in [-0.39, 0.29) is 23.6 Å². The number of thioether (sulfide) groups is 1. The van der Waals surface area contributed by atoms with Crippen molar-refractivity contribution in [2.75, 3.05) is 12.4 Å². The van der Waals surface area contributed by atoms with Crippen LogP contribution in [0.15, 0.2) is 71.6 Å². The number of carbonyl (C=O) groups is 1. The summed E-state index contributed by atoms with van der Waals surface area (Å²) >= 11 is 7.52. The Labute approximate surface area is 247 Å². The lowest BCUT2D eigenvalue weighted by atomic mass is 9.59. The molecule has 0 aliphatic heterocycles. The largest absolute Gasteiger partial charge is 0.416 e. The number of carbonyl (C=O) groups excluding carboxylic acids is 1. The molecule has 0 fully saturated rings. The van der Waals surface area contributed by atoms with Crippen molar-refractivity contribution in [2.45, 2.75) is 42.4 Å². The Hall–Kier alpha value is -2.88. The monoisotopic (exact) mass is 602 g/mol. The second kappa shape index (κ2) is 12.5. The van der Waals surface area contributed by atoms with Gasteiger partial charge in [0.25, 0.3) is 5.91 Å². The van der Waals surface area contributed by atoms with Crippen LogP contribution in [-0.2, 0) is 19.1 Å². The molecule has 0 saturated carbocycles. The Morgan fingerprint density at radius 1 is 1.07 bits per heavy atom. The van der Waals surface area contributed by atoms with Gasteiger partial charge in [-0.2, -0.15) is 13.2 Å². The Morgan fingerprint density at radius 2 is 1.78 bits per heavy atom. The highest BCUT2D eigenvalue weighted by Gasteiger charge is 2.34. The second-order valence-electron chi connectivity index (χ2n) is 10.3. The van der Waals surface area contributed by atoms with Crippen LogP contribution in [0.1, 0.15) is 45.7 Å². The molecule has 41 heavy (non-hydrogen) atoms. The Kier molecular flexibility index (Phi) is 9.51. The molecule has 0 bridgehead atoms. The molecule has 1 heterocycles. The minimum absolute atomic E-state index is 0.0131. The zero-order valence-corrected chi connectivity index (χ0v) is 24.4. The summed E-state index contributed by atoms with van der Waals surface area (Å²) in [6, 6.07) is 17.1. The standard InChI is InChI=1S/C29H29B2ClF4N2O2S/c1-2-41-23-8-4-17(5-9-23)26(28(30,31)40)37-27(39)19-6-10-25-20(13-19)15-22(38(25)12-11-33)14-18-3-7-21(32)16-24(18)29(34,35)36/h3-10,13,15-16,26,40H,2,11-12,14,30-31H2,1H3,(H,37,39). The van der Waals surface area contributed by atoms with E-state index in [1.165, 1.54) is 12.1 Å². The number of halogens is 5. The van der Waals surface area contributed by atoms with Crippen molar-refractivity contribution in [3.63, 3.8) is 0 Å². The average Bonchev–Trinajstić information content (AvgIpc) is 3.24. The average molecular weight is 603 g/mol. The van der Waals surface area contributed by atoms with Crippen LogP contribution in [0.25, 0.3) is 10.9 Å². The first-order valence-electron chi connectivity index (χ1n) is 13.1. The van der Waals surface area contributed by atoms with Gasteiger partial charge in [-0.05, 0) is 65.4 Å². The van der Waals surface area contributed by atoms with E-state index in [1.54, 1.807) is 56.3 Å². The fourth-order valence-electron chi connectivity index (χ4n) is 4.93. The van der Waals surface area contributed by atoms with Crippen LogP contribution in [0.4, 0.5) is 17.6 Å². The van der Waals surface area contributed by atoms with Crippen molar-refractivity contribution < 1.29 is 27.5 Å². The van der Waals surface area contributed by atoms with Crippen molar-refractivity contribution in [3.8, 4) is 0 Å². The summed E-state index contributed by atoms with van der Waals surface area (Å²) in [4.78, 5) is 14.4. The number of aliphatic hydroxyl groups is 1. The molecule has 2 N–H and O–H groups in total. The summed E-state index contributed by atoms with van der Waals surface area (Å²) in [7, 11) is 3.23. The first-order chi connectivity index (χ1) is 19.3. The van der Waals surface area contributed by atoms with Crippen molar-refractivity contribution in [1.29, 1.82) is 0 Å². The van der Waals surface area contributed by atoms with Gasteiger partial charge >= 0.3 is 6.18 Å². The topological polar surface area (TPSA) is 54.3 Å². The van der Waals surface area contributed by atoms with E-state index < -0.39 is 35.8 Å². The Bertz CT molecular complexity index is 1540. The van der Waals surface area contributed by atoms with Crippen LogP contribution < -0.4 is 5.32 Å². The molecule has 1 aromatic heterocycles. The number of alkyl halides is 4. The molecule has 0 aliphatic carbocycles. The van der Waals surface area contributed by atoms with Gasteiger partial charge < -0.3 is 15.0 Å². The van der Waals surface area contributed by atoms with Gasteiger partial charge in [0.1, 0.15) is 22.4 Å². The third kappa shape index (κ3) is 7.31. The predicted octanol–water partition coefficient (Wildman–Crippen LogP) is 5.37. The molecule has 1 amide bonds. The molecule has 12 heteroatoms. The van der Waals surface area contributed by atoms with Gasteiger partial charge in [0, 0.05) is 43.9 Å². The Balaban J connectivity index is 1.66. The number of aromatic nitrogens is 1. The van der Waals surface area contributed by atoms with Crippen molar-refractivity contribution in [2.24, 2.45) is 0 Å². The number of fused-ring (bicyclic) bond motifs is 1. The number of hydrogen-bond donors (Lipinski definition) is 2. The van der Waals surface area contributed by atoms with E-state index >= 15 is 0 Å². The van der Waals surface area contributed by atoms with E-state index in [9.17, 15) is 27.5 Å². The van der Waals surface area contributed by atoms with Crippen LogP contribution in [0.2, 0.25) is 5.02 Å². The van der Waals surface area contributed by atoms with Gasteiger partial charge in [0.15, 0.2) is 0 Å². The number of nitrogens with zero attached hydrogens (tertiary/aromatic N) is 1. The highest BCUT2D eigenvalue weighted by Crippen LogP contribution is 2.35. The van der Waals surface area contributed by atoms with Crippen LogP contribution >= 0.6 is 23.4 Å². The van der Waals surface area contributed by atoms with Gasteiger partial charge in [0.05, 0.1) is 18.2 Å². The molecule has 4 rings (SSSR count). The third-order valence-electron chi connectivity index (χ3n) is 6.81. The summed E-state index contributed by atoms with van der Waals surface area (Å²) in [6.45, 7) is 1.29. The lowest BCUT2D eigenvalue weighted by molar-refractivity contribution is -0.138. The number of rotatable bonds is 10. The van der Waals surface area contributed by atoms with E-state index in [0.29, 0.717) is 22.2 Å². The lowest BCUT2D eigenvalue weighted by Gasteiger charge is -2.31. The maximum absolute atomic E-state index is 13.7. The molecule has 3 aromatic carbocycles. The van der Waals surface area contributed by atoms with Gasteiger partial charge in [-0.1, -0.05) is 36.7 Å². The number of hydrogen-bond acceptors (Lipinski definition) is 3. The van der Waals surface area contributed by atoms with Gasteiger partial charge in [0.2, 0.25) is 0 Å². The molecule has 1 atom stereocenters. The number of amides is 1. The summed E-state index contributed by atoms with van der Waals surface area (Å²) in [5, 5.41) is 13.1. The summed E-state index contributed by atoms with van der Waals surface area (Å²) in [5.74, 6) is 0.494. The predicted molar refractivity (Wildman–Crippen MR) is 162 cm³/mol. The zero-order chi connectivity index (χ0) is 29.9. The van der Waals surface area contributed by atoms with Gasteiger partial charge in [-0.15, -0.1) is 11.8 Å². The third-order valence-corrected chi connectivity index (χ3v) is 7.94. The number of benzene rings is 3. The molecule has 4 aromatic rings. The second-order valence-corrected chi connectivity index (χ2v) is 12.1. The molecular weight excluding hydrogens is 573 g/mol. The molecular formula is C29H29B2ClF4N2O2S. The SMILES string of the molecule is BC(B)(O)C(NC(=O)c1ccc2c(c1)cc(Cc1ccc(Cl)cc1C(F)(F)F)n2CCF)c1ccc(SCC)cc1. The highest BCUT2D eigenvalue weighted by atomic mass is 35.5. The van der Waals surface area contributed by atoms with Crippen LogP contribution in [0.5, 0.6) is 0 Å². The molecule has 0 aliphatic rings. The summed E-state index contributed by atoms with van der Waals surface area (Å²) in [6.07, 6.45) is -4.70. The zero-order valence-electron chi connectivity index (χ0n) is 22.9. The molecule has 0 spiro atoms. The van der Waals surface area contributed by atoms with Crippen molar-refractivity contribution >= 4 is 55.9 Å².